The molecule has 0 spiro atoms. The molecule has 1 atom stereocenters. The molecule has 0 amide bonds. The first-order chi connectivity index (χ1) is 8.26. The van der Waals surface area contributed by atoms with Gasteiger partial charge in [0.15, 0.2) is 0 Å². The number of halogens is 2. The Hall–Kier alpha value is -0.960. The highest BCUT2D eigenvalue weighted by molar-refractivity contribution is 5.27. The molecule has 0 radical (unpaired) electrons. The predicted molar refractivity (Wildman–Crippen MR) is 71.6 cm³/mol. The van der Waals surface area contributed by atoms with Gasteiger partial charge in [-0.25, -0.2) is 8.78 Å². The first kappa shape index (κ1) is 15.1. The SMILES string of the molecule is CCC(C)(C)CNC(C)c1cc(F)c(C)cc1F. The quantitative estimate of drug-likeness (QED) is 0.824. The Morgan fingerprint density at radius 3 is 2.39 bits per heavy atom. The van der Waals surface area contributed by atoms with Gasteiger partial charge >= 0.3 is 0 Å². The number of nitrogens with one attached hydrogen (secondary N) is 1. The molecule has 0 aromatic heterocycles. The molecule has 1 rings (SSSR count). The topological polar surface area (TPSA) is 12.0 Å². The first-order valence-electron chi connectivity index (χ1n) is 6.46. The van der Waals surface area contributed by atoms with Crippen LogP contribution in [0.25, 0.3) is 0 Å². The molecule has 1 aromatic carbocycles. The van der Waals surface area contributed by atoms with E-state index < -0.39 is 0 Å². The second-order valence-electron chi connectivity index (χ2n) is 5.74. The normalized spacial score (nSPS) is 13.7. The van der Waals surface area contributed by atoms with Crippen molar-refractivity contribution in [2.45, 2.75) is 47.1 Å². The molecular formula is C15H23F2N. The van der Waals surface area contributed by atoms with Crippen LogP contribution >= 0.6 is 0 Å². The van der Waals surface area contributed by atoms with Crippen molar-refractivity contribution in [1.82, 2.24) is 5.32 Å². The Morgan fingerprint density at radius 1 is 1.22 bits per heavy atom. The zero-order valence-corrected chi connectivity index (χ0v) is 11.9. The van der Waals surface area contributed by atoms with Crippen LogP contribution in [0, 0.1) is 24.0 Å². The van der Waals surface area contributed by atoms with E-state index in [9.17, 15) is 8.78 Å². The van der Waals surface area contributed by atoms with Crippen LogP contribution in [0.15, 0.2) is 12.1 Å². The van der Waals surface area contributed by atoms with Gasteiger partial charge in [-0.3, -0.25) is 0 Å². The summed E-state index contributed by atoms with van der Waals surface area (Å²) in [7, 11) is 0. The van der Waals surface area contributed by atoms with Crippen molar-refractivity contribution in [2.75, 3.05) is 6.54 Å². The summed E-state index contributed by atoms with van der Waals surface area (Å²) < 4.78 is 27.2. The van der Waals surface area contributed by atoms with Crippen molar-refractivity contribution >= 4 is 0 Å². The Kier molecular flexibility index (Phi) is 4.85. The van der Waals surface area contributed by atoms with E-state index in [1.165, 1.54) is 12.1 Å². The molecular weight excluding hydrogens is 232 g/mol. The Balaban J connectivity index is 2.79. The zero-order chi connectivity index (χ0) is 13.9. The van der Waals surface area contributed by atoms with Crippen LogP contribution in [0.5, 0.6) is 0 Å². The van der Waals surface area contributed by atoms with Crippen molar-refractivity contribution in [3.05, 3.63) is 34.9 Å². The molecule has 0 aliphatic heterocycles. The van der Waals surface area contributed by atoms with Gasteiger partial charge in [0.05, 0.1) is 0 Å². The van der Waals surface area contributed by atoms with Crippen molar-refractivity contribution < 1.29 is 8.78 Å². The third-order valence-corrected chi connectivity index (χ3v) is 3.59. The number of benzene rings is 1. The van der Waals surface area contributed by atoms with E-state index in [0.717, 1.165) is 13.0 Å². The number of hydrogen-bond acceptors (Lipinski definition) is 1. The molecule has 1 unspecified atom stereocenters. The number of aryl methyl sites for hydroxylation is 1. The smallest absolute Gasteiger partial charge is 0.128 e. The van der Waals surface area contributed by atoms with Gasteiger partial charge in [0.1, 0.15) is 11.6 Å². The van der Waals surface area contributed by atoms with Gasteiger partial charge in [-0.05, 0) is 43.4 Å². The van der Waals surface area contributed by atoms with Crippen LogP contribution in [-0.4, -0.2) is 6.54 Å². The molecule has 0 saturated carbocycles. The van der Waals surface area contributed by atoms with Crippen molar-refractivity contribution in [3.63, 3.8) is 0 Å². The van der Waals surface area contributed by atoms with Crippen LogP contribution in [0.1, 0.15) is 51.3 Å². The highest BCUT2D eigenvalue weighted by atomic mass is 19.1. The fourth-order valence-electron chi connectivity index (χ4n) is 1.66. The minimum atomic E-state index is -0.352. The molecule has 0 fully saturated rings. The lowest BCUT2D eigenvalue weighted by molar-refractivity contribution is 0.312. The molecule has 18 heavy (non-hydrogen) atoms. The monoisotopic (exact) mass is 255 g/mol. The van der Waals surface area contributed by atoms with Crippen molar-refractivity contribution in [3.8, 4) is 0 Å². The third-order valence-electron chi connectivity index (χ3n) is 3.59. The summed E-state index contributed by atoms with van der Waals surface area (Å²) in [6, 6.07) is 2.36. The number of rotatable bonds is 5. The molecule has 0 heterocycles. The highest BCUT2D eigenvalue weighted by Crippen LogP contribution is 2.23. The van der Waals surface area contributed by atoms with Gasteiger partial charge in [-0.2, -0.15) is 0 Å². The van der Waals surface area contributed by atoms with E-state index in [0.29, 0.717) is 11.1 Å². The molecule has 0 bridgehead atoms. The van der Waals surface area contributed by atoms with Crippen molar-refractivity contribution in [2.24, 2.45) is 5.41 Å². The molecule has 0 aliphatic rings. The van der Waals surface area contributed by atoms with Gasteiger partial charge < -0.3 is 5.32 Å². The van der Waals surface area contributed by atoms with Crippen LogP contribution in [-0.2, 0) is 0 Å². The van der Waals surface area contributed by atoms with Gasteiger partial charge in [0, 0.05) is 18.2 Å². The van der Waals surface area contributed by atoms with Crippen LogP contribution < -0.4 is 5.32 Å². The largest absolute Gasteiger partial charge is 0.310 e. The van der Waals surface area contributed by atoms with E-state index in [4.69, 9.17) is 0 Å². The summed E-state index contributed by atoms with van der Waals surface area (Å²) in [5.41, 5.74) is 0.899. The standard InChI is InChI=1S/C15H23F2N/c1-6-15(4,5)9-18-11(3)12-8-13(16)10(2)7-14(12)17/h7-8,11,18H,6,9H2,1-5H3. The predicted octanol–water partition coefficient (Wildman–Crippen LogP) is 4.36. The second kappa shape index (κ2) is 5.79. The average molecular weight is 255 g/mol. The third kappa shape index (κ3) is 3.77. The lowest BCUT2D eigenvalue weighted by Crippen LogP contribution is -2.31. The maximum Gasteiger partial charge on any atom is 0.128 e. The van der Waals surface area contributed by atoms with Gasteiger partial charge in [-0.1, -0.05) is 20.8 Å². The summed E-state index contributed by atoms with van der Waals surface area (Å²) in [6.45, 7) is 10.6. The van der Waals surface area contributed by atoms with E-state index in [1.807, 2.05) is 6.92 Å². The van der Waals surface area contributed by atoms with E-state index in [2.05, 4.69) is 26.1 Å². The average Bonchev–Trinajstić information content (AvgIpc) is 2.31. The second-order valence-corrected chi connectivity index (χ2v) is 5.74. The van der Waals surface area contributed by atoms with Crippen molar-refractivity contribution in [1.29, 1.82) is 0 Å². The molecule has 1 aromatic rings. The summed E-state index contributed by atoms with van der Waals surface area (Å²) in [6.07, 6.45) is 1.04. The maximum absolute atomic E-state index is 13.8. The highest BCUT2D eigenvalue weighted by Gasteiger charge is 2.18. The molecule has 0 saturated heterocycles. The Bertz CT molecular complexity index is 413. The van der Waals surface area contributed by atoms with E-state index in [1.54, 1.807) is 6.92 Å². The van der Waals surface area contributed by atoms with Crippen LogP contribution in [0.2, 0.25) is 0 Å². The summed E-state index contributed by atoms with van der Waals surface area (Å²) >= 11 is 0. The Labute approximate surface area is 109 Å². The molecule has 0 aliphatic carbocycles. The summed E-state index contributed by atoms with van der Waals surface area (Å²) in [5.74, 6) is -0.696. The molecule has 1 N–H and O–H groups in total. The lowest BCUT2D eigenvalue weighted by atomic mass is 9.90. The maximum atomic E-state index is 13.8. The van der Waals surface area contributed by atoms with Crippen LogP contribution in [0.4, 0.5) is 8.78 Å². The van der Waals surface area contributed by atoms with Gasteiger partial charge in [0.2, 0.25) is 0 Å². The fourth-order valence-corrected chi connectivity index (χ4v) is 1.66. The molecule has 102 valence electrons. The van der Waals surface area contributed by atoms with E-state index >= 15 is 0 Å². The van der Waals surface area contributed by atoms with E-state index in [-0.39, 0.29) is 23.1 Å². The van der Waals surface area contributed by atoms with Gasteiger partial charge in [-0.15, -0.1) is 0 Å². The molecule has 1 nitrogen and oxygen atoms in total. The number of hydrogen-bond donors (Lipinski definition) is 1. The van der Waals surface area contributed by atoms with Crippen LogP contribution in [0.3, 0.4) is 0 Å². The van der Waals surface area contributed by atoms with Gasteiger partial charge in [0.25, 0.3) is 0 Å². The molecule has 3 heteroatoms. The summed E-state index contributed by atoms with van der Waals surface area (Å²) in [4.78, 5) is 0. The fraction of sp³-hybridized carbons (Fsp3) is 0.600. The lowest BCUT2D eigenvalue weighted by Gasteiger charge is -2.26. The first-order valence-corrected chi connectivity index (χ1v) is 6.46. The Morgan fingerprint density at radius 2 is 1.83 bits per heavy atom. The minimum Gasteiger partial charge on any atom is -0.310 e. The zero-order valence-electron chi connectivity index (χ0n) is 11.9. The minimum absolute atomic E-state index is 0.161. The summed E-state index contributed by atoms with van der Waals surface area (Å²) in [5, 5.41) is 3.27.